The number of hydrogen-bond acceptors (Lipinski definition) is 18. The van der Waals surface area contributed by atoms with Crippen LogP contribution in [0.2, 0.25) is 0 Å². The minimum Gasteiger partial charge on any atom is -0.497 e. The number of hydrogen-bond donors (Lipinski definition) is 1. The SMILES string of the molecule is CCC1=NN(c2ccccc2)C(=O)/C1=C\C1C(=O)N(c2ccccc2)N=C1CC.CN1N=C(c2ccccc2)/C(=C/C2C(=O)N(C)N=C2c2ccccc2)C1=O.COc1cccc(N2N=C(C)/C(=C/C3C(=O)N(c4cccc(CO)c4)N=C3C)C2=O)c1.O=C1/C(=C\C2C(=O)N(c3ccccc3)N=C2c2ccccc2)C(c2ccccc2)=NN1c1ccccc1. The van der Waals surface area contributed by atoms with Crippen molar-refractivity contribution in [1.29, 1.82) is 0 Å². The number of likely N-dealkylation sites (N-methyl/N-ethyl adjacent to an activating group) is 1. The van der Waals surface area contributed by atoms with Gasteiger partial charge in [-0.05, 0) is 116 Å². The molecule has 0 saturated heterocycles. The lowest BCUT2D eigenvalue weighted by Gasteiger charge is -2.14. The van der Waals surface area contributed by atoms with Crippen molar-refractivity contribution in [2.45, 2.75) is 47.1 Å². The van der Waals surface area contributed by atoms with E-state index in [1.54, 1.807) is 108 Å². The van der Waals surface area contributed by atoms with Crippen LogP contribution in [0.3, 0.4) is 0 Å². The predicted octanol–water partition coefficient (Wildman–Crippen LogP) is 14.7. The molecule has 0 aliphatic carbocycles. The maximum atomic E-state index is 13.8. The lowest BCUT2D eigenvalue weighted by atomic mass is 9.92. The van der Waals surface area contributed by atoms with Gasteiger partial charge in [0.25, 0.3) is 47.3 Å². The van der Waals surface area contributed by atoms with Crippen LogP contribution in [0.4, 0.5) is 34.1 Å². The molecule has 8 heterocycles. The summed E-state index contributed by atoms with van der Waals surface area (Å²) < 4.78 is 5.23. The van der Waals surface area contributed by atoms with Crippen LogP contribution in [0.25, 0.3) is 0 Å². The maximum Gasteiger partial charge on any atom is 0.280 e. The Bertz CT molecular complexity index is 6210. The summed E-state index contributed by atoms with van der Waals surface area (Å²) in [6.45, 7) is 7.28. The first-order valence-electron chi connectivity index (χ1n) is 40.2. The zero-order valence-corrected chi connectivity index (χ0v) is 68.7. The third-order valence-electron chi connectivity index (χ3n) is 21.2. The highest BCUT2D eigenvalue weighted by Gasteiger charge is 2.44. The van der Waals surface area contributed by atoms with Crippen LogP contribution in [0, 0.1) is 23.7 Å². The van der Waals surface area contributed by atoms with Gasteiger partial charge in [0.2, 0.25) is 0 Å². The molecule has 10 aromatic rings. The quantitative estimate of drug-likeness (QED) is 0.0792. The molecule has 8 amide bonds. The molecule has 1 N–H and O–H groups in total. The Labute approximate surface area is 715 Å². The first kappa shape index (κ1) is 83.1. The van der Waals surface area contributed by atoms with Crippen molar-refractivity contribution >= 4 is 127 Å². The molecule has 26 heteroatoms. The fourth-order valence-corrected chi connectivity index (χ4v) is 14.8. The lowest BCUT2D eigenvalue weighted by Crippen LogP contribution is -2.28. The number of ether oxygens (including phenoxy) is 1. The van der Waals surface area contributed by atoms with Crippen molar-refractivity contribution in [2.75, 3.05) is 51.3 Å². The first-order valence-corrected chi connectivity index (χ1v) is 40.2. The summed E-state index contributed by atoms with van der Waals surface area (Å²) in [5, 5.41) is 56.2. The van der Waals surface area contributed by atoms with Gasteiger partial charge in [-0.25, -0.2) is 10.0 Å². The first-order chi connectivity index (χ1) is 60.3. The standard InChI is InChI=1S/C31H22N4O2.C23H22N4O4.C23H22N4O2.C21H18N4O2/c36-30-26(28(22-13-5-1-6-14-22)32-34(30)24-17-9-3-10-18-24)21-27-29(23-15-7-2-8-16-23)33-35(31(27)37)25-19-11-4-12-20-25;1-14-20(22(29)26(24-14)17-7-4-6-16(10-17)13-28)12-21-15(2)25-27(23(21)30)18-8-5-9-19(11-18)31-3;1-3-20-18(22(28)26(24-20)16-11-7-5-8-12-16)15-19-21(4-2)25-27(23(19)29)17-13-9-6-10-14-17;1-24-20(26)16(18(22-24)14-9-5-3-6-10-14)13-17-19(23-25(2)21(17)27)15-11-7-4-8-12-15/h1-21,26H;4-12,20,28H,13H2,1-3H3;5-15,18H,3-4H2,1-2H3;3-13,16H,1-2H3/b27-21-;21-12-;19-15-;17-13-. The van der Waals surface area contributed by atoms with Crippen LogP contribution in [-0.2, 0) is 45.0 Å². The Kier molecular flexibility index (Phi) is 24.9. The van der Waals surface area contributed by atoms with Gasteiger partial charge in [0.1, 0.15) is 29.0 Å². The summed E-state index contributed by atoms with van der Waals surface area (Å²) in [5.74, 6) is -3.87. The van der Waals surface area contributed by atoms with Crippen molar-refractivity contribution in [3.05, 3.63) is 366 Å². The Morgan fingerprint density at radius 3 is 1.23 bits per heavy atom. The summed E-state index contributed by atoms with van der Waals surface area (Å²) in [7, 11) is 4.79. The number of carbonyl (C=O) groups excluding carboxylic acids is 8. The molecule has 0 fully saturated rings. The topological polar surface area (TPSA) is 291 Å². The van der Waals surface area contributed by atoms with E-state index in [1.165, 1.54) is 40.1 Å². The predicted molar refractivity (Wildman–Crippen MR) is 481 cm³/mol. The molecule has 0 spiro atoms. The molecule has 124 heavy (non-hydrogen) atoms. The van der Waals surface area contributed by atoms with E-state index in [-0.39, 0.29) is 53.9 Å². The van der Waals surface area contributed by atoms with Crippen LogP contribution < -0.4 is 34.8 Å². The number of anilines is 6. The number of methoxy groups -OCH3 is 1. The zero-order valence-electron chi connectivity index (χ0n) is 68.7. The van der Waals surface area contributed by atoms with E-state index in [2.05, 4.69) is 30.6 Å². The summed E-state index contributed by atoms with van der Waals surface area (Å²) in [6.07, 6.45) is 7.99. The maximum absolute atomic E-state index is 13.8. The molecular formula is C98H84N16O10. The number of carbonyl (C=O) groups is 8. The second kappa shape index (κ2) is 37.1. The van der Waals surface area contributed by atoms with Gasteiger partial charge in [-0.1, -0.05) is 250 Å². The normalized spacial score (nSPS) is 19.8. The molecule has 8 aliphatic heterocycles. The minimum atomic E-state index is -0.758. The van der Waals surface area contributed by atoms with E-state index in [0.29, 0.717) is 115 Å². The molecule has 4 atom stereocenters. The lowest BCUT2D eigenvalue weighted by molar-refractivity contribution is -0.129. The Morgan fingerprint density at radius 1 is 0.331 bits per heavy atom. The van der Waals surface area contributed by atoms with Crippen LogP contribution in [0.15, 0.2) is 379 Å². The molecule has 0 aromatic heterocycles. The van der Waals surface area contributed by atoms with Crippen molar-refractivity contribution in [1.82, 2.24) is 10.0 Å². The number of aliphatic hydroxyl groups excluding tert-OH is 1. The second-order valence-electron chi connectivity index (χ2n) is 29.2. The highest BCUT2D eigenvalue weighted by Crippen LogP contribution is 2.37. The van der Waals surface area contributed by atoms with Crippen molar-refractivity contribution in [3.8, 4) is 5.75 Å². The van der Waals surface area contributed by atoms with E-state index < -0.39 is 23.7 Å². The number of aliphatic hydroxyl groups is 1. The van der Waals surface area contributed by atoms with E-state index in [9.17, 15) is 43.5 Å². The summed E-state index contributed by atoms with van der Waals surface area (Å²) in [6, 6.07) is 89.4. The molecule has 26 nitrogen and oxygen atoms in total. The fraction of sp³-hybridized carbons (Fsp3) is 0.143. The highest BCUT2D eigenvalue weighted by molar-refractivity contribution is 6.37. The van der Waals surface area contributed by atoms with Crippen molar-refractivity contribution in [2.24, 2.45) is 64.5 Å². The third kappa shape index (κ3) is 17.3. The molecule has 616 valence electrons. The number of amides is 8. The minimum absolute atomic E-state index is 0.129. The van der Waals surface area contributed by atoms with Gasteiger partial charge in [-0.15, -0.1) is 0 Å². The number of hydrazone groups is 8. The number of nitrogens with zero attached hydrogens (tertiary/aromatic N) is 16. The number of rotatable bonds is 18. The molecule has 18 rings (SSSR count). The highest BCUT2D eigenvalue weighted by atomic mass is 16.5. The van der Waals surface area contributed by atoms with Gasteiger partial charge < -0.3 is 9.84 Å². The summed E-state index contributed by atoms with van der Waals surface area (Å²) in [5.41, 5.74) is 14.3. The van der Waals surface area contributed by atoms with Gasteiger partial charge in [-0.2, -0.15) is 70.9 Å². The van der Waals surface area contributed by atoms with Gasteiger partial charge in [-0.3, -0.25) is 38.4 Å². The van der Waals surface area contributed by atoms with E-state index in [4.69, 9.17) is 14.9 Å². The molecule has 8 aliphatic rings. The van der Waals surface area contributed by atoms with Gasteiger partial charge >= 0.3 is 0 Å². The molecule has 0 saturated carbocycles. The second-order valence-corrected chi connectivity index (χ2v) is 29.2. The summed E-state index contributed by atoms with van der Waals surface area (Å²) in [4.78, 5) is 105. The molecule has 0 bridgehead atoms. The van der Waals surface area contributed by atoms with Gasteiger partial charge in [0.05, 0.1) is 116 Å². The Hall–Kier alpha value is -16.0. The van der Waals surface area contributed by atoms with Gasteiger partial charge in [0, 0.05) is 31.3 Å². The zero-order chi connectivity index (χ0) is 86.7. The summed E-state index contributed by atoms with van der Waals surface area (Å²) >= 11 is 0. The van der Waals surface area contributed by atoms with Crippen molar-refractivity contribution in [3.63, 3.8) is 0 Å². The molecule has 10 aromatic carbocycles. The smallest absolute Gasteiger partial charge is 0.280 e. The molecular weight excluding hydrogens is 1560 g/mol. The third-order valence-corrected chi connectivity index (χ3v) is 21.2. The van der Waals surface area contributed by atoms with E-state index in [0.717, 1.165) is 33.7 Å². The number of para-hydroxylation sites is 4. The van der Waals surface area contributed by atoms with E-state index in [1.807, 2.05) is 257 Å². The van der Waals surface area contributed by atoms with E-state index >= 15 is 0 Å². The van der Waals surface area contributed by atoms with Crippen LogP contribution in [0.5, 0.6) is 5.75 Å². The Morgan fingerprint density at radius 2 is 0.718 bits per heavy atom. The Balaban J connectivity index is 0.000000129. The fourth-order valence-electron chi connectivity index (χ4n) is 14.8. The molecule has 0 radical (unpaired) electrons. The van der Waals surface area contributed by atoms with Gasteiger partial charge in [0.15, 0.2) is 0 Å². The van der Waals surface area contributed by atoms with Crippen molar-refractivity contribution < 1.29 is 48.2 Å². The van der Waals surface area contributed by atoms with Crippen LogP contribution in [-0.4, -0.2) is 129 Å². The average molecular weight is 1650 g/mol. The van der Waals surface area contributed by atoms with Crippen LogP contribution >= 0.6 is 0 Å². The molecule has 4 unspecified atom stereocenters. The average Bonchev–Trinajstić information content (AvgIpc) is 1.60. The van der Waals surface area contributed by atoms with Crippen LogP contribution in [0.1, 0.15) is 68.4 Å². The largest absolute Gasteiger partial charge is 0.497 e. The number of benzene rings is 10. The monoisotopic (exact) mass is 1640 g/mol.